The van der Waals surface area contributed by atoms with E-state index in [1.807, 2.05) is 60.8 Å². The zero-order chi connectivity index (χ0) is 23.9. The van der Waals surface area contributed by atoms with Crippen LogP contribution in [0.15, 0.2) is 89.1 Å². The molecule has 1 atom stereocenters. The molecule has 2 N–H and O–H groups in total. The van der Waals surface area contributed by atoms with Crippen LogP contribution in [0, 0.1) is 5.82 Å². The number of nitrogens with zero attached hydrogens (tertiary/aromatic N) is 1. The molecule has 0 bridgehead atoms. The van der Waals surface area contributed by atoms with E-state index in [4.69, 9.17) is 0 Å². The summed E-state index contributed by atoms with van der Waals surface area (Å²) in [5, 5.41) is 7.89. The van der Waals surface area contributed by atoms with Crippen molar-refractivity contribution in [1.29, 1.82) is 0 Å². The van der Waals surface area contributed by atoms with Gasteiger partial charge in [-0.05, 0) is 48.9 Å². The Morgan fingerprint density at radius 1 is 1.00 bits per heavy atom. The molecule has 34 heavy (non-hydrogen) atoms. The van der Waals surface area contributed by atoms with Crippen molar-refractivity contribution in [2.45, 2.75) is 23.5 Å². The van der Waals surface area contributed by atoms with Crippen LogP contribution in [-0.2, 0) is 4.79 Å². The number of anilines is 2. The average Bonchev–Trinajstić information content (AvgIpc) is 3.32. The van der Waals surface area contributed by atoms with E-state index in [9.17, 15) is 14.0 Å². The molecule has 0 radical (unpaired) electrons. The lowest BCUT2D eigenvalue weighted by molar-refractivity contribution is -0.115. The lowest BCUT2D eigenvalue weighted by Gasteiger charge is -2.14. The number of carbonyl (C=O) groups is 2. The van der Waals surface area contributed by atoms with Gasteiger partial charge in [-0.15, -0.1) is 23.1 Å². The molecule has 8 heteroatoms. The van der Waals surface area contributed by atoms with Crippen LogP contribution < -0.4 is 10.6 Å². The molecule has 0 spiro atoms. The summed E-state index contributed by atoms with van der Waals surface area (Å²) in [6.45, 7) is 1.95. The Kier molecular flexibility index (Phi) is 7.72. The molecule has 4 aromatic rings. The van der Waals surface area contributed by atoms with E-state index in [1.165, 1.54) is 47.4 Å². The van der Waals surface area contributed by atoms with Gasteiger partial charge in [-0.25, -0.2) is 9.37 Å². The van der Waals surface area contributed by atoms with Gasteiger partial charge in [0.15, 0.2) is 5.13 Å². The summed E-state index contributed by atoms with van der Waals surface area (Å²) < 4.78 is 13.1. The molecule has 0 aliphatic rings. The fraction of sp³-hybridized carbons (Fsp3) is 0.115. The molecular formula is C26H22FN3O2S2. The van der Waals surface area contributed by atoms with Crippen LogP contribution in [0.2, 0.25) is 0 Å². The van der Waals surface area contributed by atoms with Crippen LogP contribution in [0.1, 0.15) is 23.7 Å². The monoisotopic (exact) mass is 491 g/mol. The normalized spacial score (nSPS) is 11.6. The standard InChI is InChI=1S/C26H22FN3O2S2/c1-2-23(25(32)30-26-29-22(16-33-26)17-7-4-3-5-8-17)34-21-10-6-9-20(15-21)28-24(31)18-11-13-19(27)14-12-18/h3-16,23H,2H2,1H3,(H,28,31)(H,29,30,32). The van der Waals surface area contributed by atoms with E-state index in [0.717, 1.165) is 16.2 Å². The molecular weight excluding hydrogens is 469 g/mol. The van der Waals surface area contributed by atoms with Gasteiger partial charge >= 0.3 is 0 Å². The summed E-state index contributed by atoms with van der Waals surface area (Å²) in [4.78, 5) is 30.7. The molecule has 0 fully saturated rings. The fourth-order valence-electron chi connectivity index (χ4n) is 3.20. The second-order valence-electron chi connectivity index (χ2n) is 7.40. The molecule has 1 aromatic heterocycles. The number of amides is 2. The van der Waals surface area contributed by atoms with Crippen LogP contribution in [0.25, 0.3) is 11.3 Å². The quantitative estimate of drug-likeness (QED) is 0.269. The number of carbonyl (C=O) groups excluding carboxylic acids is 2. The highest BCUT2D eigenvalue weighted by atomic mass is 32.2. The number of benzene rings is 3. The van der Waals surface area contributed by atoms with Crippen molar-refractivity contribution < 1.29 is 14.0 Å². The maximum atomic E-state index is 13.1. The van der Waals surface area contributed by atoms with Gasteiger partial charge in [-0.2, -0.15) is 0 Å². The highest BCUT2D eigenvalue weighted by Gasteiger charge is 2.20. The Morgan fingerprint density at radius 2 is 1.76 bits per heavy atom. The number of rotatable bonds is 8. The third-order valence-electron chi connectivity index (χ3n) is 4.94. The minimum Gasteiger partial charge on any atom is -0.322 e. The number of thioether (sulfide) groups is 1. The van der Waals surface area contributed by atoms with E-state index in [-0.39, 0.29) is 17.1 Å². The minimum atomic E-state index is -0.395. The number of aromatic nitrogens is 1. The van der Waals surface area contributed by atoms with Gasteiger partial charge < -0.3 is 10.6 Å². The van der Waals surface area contributed by atoms with E-state index < -0.39 is 5.82 Å². The van der Waals surface area contributed by atoms with Crippen molar-refractivity contribution in [3.8, 4) is 11.3 Å². The number of nitrogens with one attached hydrogen (secondary N) is 2. The molecule has 0 aliphatic heterocycles. The lowest BCUT2D eigenvalue weighted by atomic mass is 10.2. The van der Waals surface area contributed by atoms with Crippen LogP contribution in [-0.4, -0.2) is 22.0 Å². The third-order valence-corrected chi connectivity index (χ3v) is 7.06. The van der Waals surface area contributed by atoms with Gasteiger partial charge in [0.2, 0.25) is 5.91 Å². The topological polar surface area (TPSA) is 71.1 Å². The number of hydrogen-bond acceptors (Lipinski definition) is 5. The first-order valence-corrected chi connectivity index (χ1v) is 12.4. The first-order valence-electron chi connectivity index (χ1n) is 10.7. The molecule has 0 saturated carbocycles. The zero-order valence-corrected chi connectivity index (χ0v) is 20.0. The molecule has 1 heterocycles. The average molecular weight is 492 g/mol. The van der Waals surface area contributed by atoms with Gasteiger partial charge in [-0.1, -0.05) is 43.3 Å². The molecule has 5 nitrogen and oxygen atoms in total. The summed E-state index contributed by atoms with van der Waals surface area (Å²) in [5.74, 6) is -0.847. The Labute approximate surface area is 205 Å². The van der Waals surface area contributed by atoms with E-state index in [1.54, 1.807) is 6.07 Å². The Bertz CT molecular complexity index is 1280. The van der Waals surface area contributed by atoms with Crippen molar-refractivity contribution in [2.75, 3.05) is 10.6 Å². The first-order chi connectivity index (χ1) is 16.5. The number of halogens is 1. The van der Waals surface area contributed by atoms with Crippen molar-refractivity contribution in [3.05, 3.63) is 95.6 Å². The molecule has 0 saturated heterocycles. The maximum absolute atomic E-state index is 13.1. The smallest absolute Gasteiger partial charge is 0.255 e. The molecule has 1 unspecified atom stereocenters. The summed E-state index contributed by atoms with van der Waals surface area (Å²) in [5.41, 5.74) is 2.79. The Balaban J connectivity index is 1.39. The van der Waals surface area contributed by atoms with E-state index in [0.29, 0.717) is 22.8 Å². The number of hydrogen-bond donors (Lipinski definition) is 2. The van der Waals surface area contributed by atoms with Gasteiger partial charge in [-0.3, -0.25) is 9.59 Å². The van der Waals surface area contributed by atoms with E-state index in [2.05, 4.69) is 15.6 Å². The van der Waals surface area contributed by atoms with Gasteiger partial charge in [0.1, 0.15) is 5.82 Å². The highest BCUT2D eigenvalue weighted by molar-refractivity contribution is 8.00. The van der Waals surface area contributed by atoms with Gasteiger partial charge in [0.25, 0.3) is 5.91 Å². The lowest BCUT2D eigenvalue weighted by Crippen LogP contribution is -2.24. The molecule has 0 aliphatic carbocycles. The Morgan fingerprint density at radius 3 is 2.50 bits per heavy atom. The van der Waals surface area contributed by atoms with Crippen LogP contribution in [0.3, 0.4) is 0 Å². The molecule has 3 aromatic carbocycles. The van der Waals surface area contributed by atoms with Crippen LogP contribution in [0.4, 0.5) is 15.2 Å². The second-order valence-corrected chi connectivity index (χ2v) is 9.53. The SMILES string of the molecule is CCC(Sc1cccc(NC(=O)c2ccc(F)cc2)c1)C(=O)Nc1nc(-c2ccccc2)cs1. The van der Waals surface area contributed by atoms with Crippen molar-refractivity contribution in [1.82, 2.24) is 4.98 Å². The Hall–Kier alpha value is -3.49. The fourth-order valence-corrected chi connectivity index (χ4v) is 4.93. The molecule has 4 rings (SSSR count). The highest BCUT2D eigenvalue weighted by Crippen LogP contribution is 2.30. The summed E-state index contributed by atoms with van der Waals surface area (Å²) in [6.07, 6.45) is 0.625. The molecule has 2 amide bonds. The molecule has 172 valence electrons. The van der Waals surface area contributed by atoms with Crippen molar-refractivity contribution in [3.63, 3.8) is 0 Å². The minimum absolute atomic E-state index is 0.123. The maximum Gasteiger partial charge on any atom is 0.255 e. The predicted octanol–water partition coefficient (Wildman–Crippen LogP) is 6.71. The van der Waals surface area contributed by atoms with Gasteiger partial charge in [0.05, 0.1) is 10.9 Å². The van der Waals surface area contributed by atoms with Gasteiger partial charge in [0, 0.05) is 27.1 Å². The summed E-state index contributed by atoms with van der Waals surface area (Å²) >= 11 is 2.81. The van der Waals surface area contributed by atoms with Crippen molar-refractivity contribution in [2.24, 2.45) is 0 Å². The van der Waals surface area contributed by atoms with E-state index >= 15 is 0 Å². The number of thiazole rings is 1. The first kappa shape index (κ1) is 23.7. The second kappa shape index (κ2) is 11.1. The zero-order valence-electron chi connectivity index (χ0n) is 18.3. The van der Waals surface area contributed by atoms with Crippen molar-refractivity contribution >= 4 is 45.7 Å². The predicted molar refractivity (Wildman–Crippen MR) is 137 cm³/mol. The van der Waals surface area contributed by atoms with Crippen LogP contribution >= 0.6 is 23.1 Å². The summed E-state index contributed by atoms with van der Waals surface area (Å²) in [7, 11) is 0. The summed E-state index contributed by atoms with van der Waals surface area (Å²) in [6, 6.07) is 22.5. The van der Waals surface area contributed by atoms with Crippen LogP contribution in [0.5, 0.6) is 0 Å². The third kappa shape index (κ3) is 6.09. The largest absolute Gasteiger partial charge is 0.322 e.